The summed E-state index contributed by atoms with van der Waals surface area (Å²) < 4.78 is 60.4. The SMILES string of the molecule is CC(C)(C)OC(=O)n1c(Cn2ccnc(N)c2=O)cc2cc(F)cc(CCC(F)(F)F)c21. The molecule has 0 saturated heterocycles. The van der Waals surface area contributed by atoms with Gasteiger partial charge in [-0.15, -0.1) is 0 Å². The van der Waals surface area contributed by atoms with Crippen LogP contribution in [0.1, 0.15) is 38.4 Å². The van der Waals surface area contributed by atoms with Crippen LogP contribution in [0.3, 0.4) is 0 Å². The summed E-state index contributed by atoms with van der Waals surface area (Å²) in [6.07, 6.45) is -4.41. The minimum atomic E-state index is -4.47. The predicted molar refractivity (Wildman–Crippen MR) is 110 cm³/mol. The molecule has 0 aliphatic heterocycles. The van der Waals surface area contributed by atoms with Crippen molar-refractivity contribution in [1.82, 2.24) is 14.1 Å². The summed E-state index contributed by atoms with van der Waals surface area (Å²) in [5.41, 5.74) is 4.33. The number of halogens is 4. The van der Waals surface area contributed by atoms with Crippen LogP contribution < -0.4 is 11.3 Å². The molecule has 0 aliphatic rings. The molecule has 0 spiro atoms. The highest BCUT2D eigenvalue weighted by molar-refractivity contribution is 5.93. The van der Waals surface area contributed by atoms with E-state index in [2.05, 4.69) is 4.98 Å². The highest BCUT2D eigenvalue weighted by atomic mass is 19.4. The third-order valence-electron chi connectivity index (χ3n) is 4.54. The Morgan fingerprint density at radius 3 is 2.50 bits per heavy atom. The fourth-order valence-electron chi connectivity index (χ4n) is 3.31. The van der Waals surface area contributed by atoms with E-state index in [4.69, 9.17) is 10.5 Å². The number of hydrogen-bond acceptors (Lipinski definition) is 5. The number of ether oxygens (including phenoxy) is 1. The van der Waals surface area contributed by atoms with Gasteiger partial charge in [0, 0.05) is 24.2 Å². The number of rotatable bonds is 4. The van der Waals surface area contributed by atoms with Crippen molar-refractivity contribution >= 4 is 22.8 Å². The molecule has 0 amide bonds. The quantitative estimate of drug-likeness (QED) is 0.596. The highest BCUT2D eigenvalue weighted by Crippen LogP contribution is 2.30. The van der Waals surface area contributed by atoms with E-state index in [-0.39, 0.29) is 34.5 Å². The van der Waals surface area contributed by atoms with Crippen LogP contribution in [0.2, 0.25) is 0 Å². The molecule has 0 radical (unpaired) electrons. The summed E-state index contributed by atoms with van der Waals surface area (Å²) in [7, 11) is 0. The van der Waals surface area contributed by atoms with Crippen LogP contribution in [0.5, 0.6) is 0 Å². The lowest BCUT2D eigenvalue weighted by Crippen LogP contribution is -2.30. The second kappa shape index (κ2) is 8.29. The fourth-order valence-corrected chi connectivity index (χ4v) is 3.31. The summed E-state index contributed by atoms with van der Waals surface area (Å²) >= 11 is 0. The smallest absolute Gasteiger partial charge is 0.419 e. The van der Waals surface area contributed by atoms with Gasteiger partial charge in [-0.25, -0.2) is 18.7 Å². The number of alkyl halides is 3. The van der Waals surface area contributed by atoms with Gasteiger partial charge in [-0.2, -0.15) is 13.2 Å². The Hall–Kier alpha value is -3.37. The Balaban J connectivity index is 2.21. The maximum absolute atomic E-state index is 14.2. The number of nitrogens with zero attached hydrogens (tertiary/aromatic N) is 3. The summed E-state index contributed by atoms with van der Waals surface area (Å²) in [6, 6.07) is 3.51. The summed E-state index contributed by atoms with van der Waals surface area (Å²) in [6.45, 7) is 4.73. The molecule has 2 heterocycles. The van der Waals surface area contributed by atoms with Crippen molar-refractivity contribution < 1.29 is 27.1 Å². The molecule has 0 unspecified atom stereocenters. The van der Waals surface area contributed by atoms with Crippen molar-refractivity contribution in [2.75, 3.05) is 5.73 Å². The third kappa shape index (κ3) is 5.27. The predicted octanol–water partition coefficient (Wildman–Crippen LogP) is 4.25. The molecule has 172 valence electrons. The number of carbonyl (C=O) groups is 1. The van der Waals surface area contributed by atoms with Gasteiger partial charge in [-0.1, -0.05) is 0 Å². The van der Waals surface area contributed by atoms with Gasteiger partial charge in [0.1, 0.15) is 11.4 Å². The first-order valence-electron chi connectivity index (χ1n) is 9.69. The van der Waals surface area contributed by atoms with Crippen LogP contribution >= 0.6 is 0 Å². The zero-order valence-corrected chi connectivity index (χ0v) is 17.7. The molecule has 32 heavy (non-hydrogen) atoms. The zero-order chi connectivity index (χ0) is 23.8. The van der Waals surface area contributed by atoms with E-state index in [9.17, 15) is 27.2 Å². The molecule has 0 atom stereocenters. The van der Waals surface area contributed by atoms with Crippen LogP contribution in [0.4, 0.5) is 28.2 Å². The number of nitrogen functional groups attached to an aromatic ring is 1. The van der Waals surface area contributed by atoms with Crippen LogP contribution in [-0.4, -0.2) is 32.0 Å². The minimum Gasteiger partial charge on any atom is -0.443 e. The van der Waals surface area contributed by atoms with Crippen molar-refractivity contribution in [3.05, 3.63) is 58.0 Å². The van der Waals surface area contributed by atoms with Gasteiger partial charge < -0.3 is 15.0 Å². The zero-order valence-electron chi connectivity index (χ0n) is 17.7. The molecule has 0 bridgehead atoms. The van der Waals surface area contributed by atoms with Crippen LogP contribution in [0.25, 0.3) is 10.9 Å². The van der Waals surface area contributed by atoms with Gasteiger partial charge in [0.25, 0.3) is 5.56 Å². The highest BCUT2D eigenvalue weighted by Gasteiger charge is 2.29. The lowest BCUT2D eigenvalue weighted by molar-refractivity contribution is -0.133. The van der Waals surface area contributed by atoms with Gasteiger partial charge in [0.15, 0.2) is 5.82 Å². The van der Waals surface area contributed by atoms with E-state index in [1.54, 1.807) is 20.8 Å². The van der Waals surface area contributed by atoms with Gasteiger partial charge >= 0.3 is 12.3 Å². The Morgan fingerprint density at radius 2 is 1.88 bits per heavy atom. The van der Waals surface area contributed by atoms with E-state index < -0.39 is 42.1 Å². The second-order valence-corrected chi connectivity index (χ2v) is 8.31. The Bertz CT molecular complexity index is 1220. The Kier molecular flexibility index (Phi) is 6.03. The van der Waals surface area contributed by atoms with Crippen molar-refractivity contribution in [2.24, 2.45) is 0 Å². The van der Waals surface area contributed by atoms with Gasteiger partial charge in [-0.05, 0) is 51.0 Å². The monoisotopic (exact) mass is 454 g/mol. The van der Waals surface area contributed by atoms with Crippen LogP contribution in [0.15, 0.2) is 35.4 Å². The average Bonchev–Trinajstić information content (AvgIpc) is 2.99. The summed E-state index contributed by atoms with van der Waals surface area (Å²) in [5.74, 6) is -1.00. The Morgan fingerprint density at radius 1 is 1.19 bits per heavy atom. The Labute approximate surface area is 180 Å². The molecule has 0 aliphatic carbocycles. The maximum Gasteiger partial charge on any atom is 0.419 e. The van der Waals surface area contributed by atoms with E-state index in [1.165, 1.54) is 23.0 Å². The van der Waals surface area contributed by atoms with E-state index in [0.717, 1.165) is 16.7 Å². The first-order chi connectivity index (χ1) is 14.7. The average molecular weight is 454 g/mol. The molecule has 11 heteroatoms. The van der Waals surface area contributed by atoms with E-state index >= 15 is 0 Å². The van der Waals surface area contributed by atoms with Crippen molar-refractivity contribution in [2.45, 2.75) is 51.9 Å². The van der Waals surface area contributed by atoms with Crippen molar-refractivity contribution in [3.63, 3.8) is 0 Å². The summed E-state index contributed by atoms with van der Waals surface area (Å²) in [5, 5.41) is 0.207. The topological polar surface area (TPSA) is 92.1 Å². The van der Waals surface area contributed by atoms with Crippen LogP contribution in [0, 0.1) is 5.82 Å². The number of nitrogens with two attached hydrogens (primary N) is 1. The van der Waals surface area contributed by atoms with Crippen molar-refractivity contribution in [1.29, 1.82) is 0 Å². The standard InChI is InChI=1S/C21H22F4N4O3/c1-20(2,3)32-19(31)29-15(11-28-7-6-27-17(26)18(28)30)10-13-9-14(22)8-12(16(13)29)4-5-21(23,24)25/h6-10H,4-5,11H2,1-3H3,(H2,26,27). The number of carbonyl (C=O) groups excluding carboxylic acids is 1. The molecular formula is C21H22F4N4O3. The van der Waals surface area contributed by atoms with E-state index in [0.29, 0.717) is 0 Å². The summed E-state index contributed by atoms with van der Waals surface area (Å²) in [4.78, 5) is 29.0. The number of hydrogen-bond donors (Lipinski definition) is 1. The molecule has 3 aromatic rings. The number of fused-ring (bicyclic) bond motifs is 1. The third-order valence-corrected chi connectivity index (χ3v) is 4.54. The van der Waals surface area contributed by atoms with Crippen LogP contribution in [-0.2, 0) is 17.7 Å². The maximum atomic E-state index is 14.2. The van der Waals surface area contributed by atoms with Gasteiger partial charge in [0.05, 0.1) is 17.8 Å². The number of aromatic nitrogens is 3. The van der Waals surface area contributed by atoms with E-state index in [1.807, 2.05) is 0 Å². The lowest BCUT2D eigenvalue weighted by atomic mass is 10.1. The largest absolute Gasteiger partial charge is 0.443 e. The first kappa shape index (κ1) is 23.3. The van der Waals surface area contributed by atoms with Gasteiger partial charge in [0.2, 0.25) is 0 Å². The first-order valence-corrected chi connectivity index (χ1v) is 9.69. The normalized spacial score (nSPS) is 12.3. The molecule has 2 N–H and O–H groups in total. The molecule has 1 aromatic carbocycles. The molecule has 3 rings (SSSR count). The van der Waals surface area contributed by atoms with Gasteiger partial charge in [-0.3, -0.25) is 4.79 Å². The number of aryl methyl sites for hydroxylation is 1. The molecular weight excluding hydrogens is 432 g/mol. The number of anilines is 1. The number of benzene rings is 1. The second-order valence-electron chi connectivity index (χ2n) is 8.31. The molecule has 0 fully saturated rings. The van der Waals surface area contributed by atoms with Crippen molar-refractivity contribution in [3.8, 4) is 0 Å². The lowest BCUT2D eigenvalue weighted by Gasteiger charge is -2.21. The molecule has 7 nitrogen and oxygen atoms in total. The minimum absolute atomic E-state index is 0.00368. The molecule has 2 aromatic heterocycles. The molecule has 0 saturated carbocycles. The fraction of sp³-hybridized carbons (Fsp3) is 0.381.